The molecule has 0 bridgehead atoms. The Balaban J connectivity index is 1.88. The summed E-state index contributed by atoms with van der Waals surface area (Å²) in [7, 11) is 0. The molecule has 1 aromatic heterocycles. The maximum absolute atomic E-state index is 12.6. The van der Waals surface area contributed by atoms with Gasteiger partial charge < -0.3 is 5.73 Å². The Morgan fingerprint density at radius 2 is 2.18 bits per heavy atom. The van der Waals surface area contributed by atoms with Gasteiger partial charge in [-0.25, -0.2) is 4.98 Å². The van der Waals surface area contributed by atoms with Crippen LogP contribution < -0.4 is 11.3 Å². The van der Waals surface area contributed by atoms with Gasteiger partial charge in [-0.3, -0.25) is 9.36 Å². The Morgan fingerprint density at radius 1 is 1.27 bits per heavy atom. The molecular formula is C18H17N3O. The second kappa shape index (κ2) is 4.98. The van der Waals surface area contributed by atoms with Gasteiger partial charge in [0.2, 0.25) is 0 Å². The van der Waals surface area contributed by atoms with Gasteiger partial charge in [-0.15, -0.1) is 0 Å². The van der Waals surface area contributed by atoms with Crippen LogP contribution >= 0.6 is 0 Å². The van der Waals surface area contributed by atoms with Crippen LogP contribution in [0.15, 0.2) is 52.9 Å². The second-order valence-corrected chi connectivity index (χ2v) is 5.77. The SMILES string of the molecule is Nc1ccc2nc3n(c(=O)c2c1)CC/C3=C\C1=CCCC=C1. The van der Waals surface area contributed by atoms with Crippen molar-refractivity contribution in [3.05, 3.63) is 64.3 Å². The molecule has 0 saturated heterocycles. The monoisotopic (exact) mass is 291 g/mol. The van der Waals surface area contributed by atoms with Gasteiger partial charge in [0.05, 0.1) is 10.9 Å². The fourth-order valence-electron chi connectivity index (χ4n) is 3.11. The van der Waals surface area contributed by atoms with Crippen LogP contribution in [0.3, 0.4) is 0 Å². The first-order valence-electron chi connectivity index (χ1n) is 7.60. The molecule has 4 nitrogen and oxygen atoms in total. The van der Waals surface area contributed by atoms with Gasteiger partial charge in [-0.05, 0) is 54.7 Å². The molecule has 4 rings (SSSR count). The van der Waals surface area contributed by atoms with Crippen LogP contribution in [0.25, 0.3) is 16.5 Å². The zero-order valence-corrected chi connectivity index (χ0v) is 12.2. The molecule has 110 valence electrons. The molecule has 4 heteroatoms. The number of benzene rings is 1. The van der Waals surface area contributed by atoms with E-state index in [1.807, 2.05) is 6.07 Å². The summed E-state index contributed by atoms with van der Waals surface area (Å²) in [5.41, 5.74) is 9.44. The molecule has 0 radical (unpaired) electrons. The fourth-order valence-corrected chi connectivity index (χ4v) is 3.11. The third-order valence-electron chi connectivity index (χ3n) is 4.23. The molecule has 2 aliphatic rings. The Bertz CT molecular complexity index is 916. The average molecular weight is 291 g/mol. The number of hydrogen-bond donors (Lipinski definition) is 1. The third kappa shape index (κ3) is 2.08. The summed E-state index contributed by atoms with van der Waals surface area (Å²) >= 11 is 0. The van der Waals surface area contributed by atoms with Gasteiger partial charge in [-0.1, -0.05) is 18.2 Å². The predicted octanol–water partition coefficient (Wildman–Crippen LogP) is 3.04. The van der Waals surface area contributed by atoms with Crippen LogP contribution in [0.5, 0.6) is 0 Å². The molecule has 0 unspecified atom stereocenters. The number of anilines is 1. The lowest BCUT2D eigenvalue weighted by Gasteiger charge is -2.07. The summed E-state index contributed by atoms with van der Waals surface area (Å²) in [6, 6.07) is 5.32. The highest BCUT2D eigenvalue weighted by molar-refractivity contribution is 5.83. The number of aromatic nitrogens is 2. The predicted molar refractivity (Wildman–Crippen MR) is 89.5 cm³/mol. The minimum atomic E-state index is 0.00358. The largest absolute Gasteiger partial charge is 0.399 e. The van der Waals surface area contributed by atoms with Gasteiger partial charge in [0.1, 0.15) is 5.82 Å². The molecule has 1 aliphatic carbocycles. The molecule has 0 amide bonds. The highest BCUT2D eigenvalue weighted by Crippen LogP contribution is 2.28. The van der Waals surface area contributed by atoms with Crippen LogP contribution in [0.2, 0.25) is 0 Å². The molecule has 1 aromatic carbocycles. The number of nitrogens with zero attached hydrogens (tertiary/aromatic N) is 2. The normalized spacial score (nSPS) is 18.7. The smallest absolute Gasteiger partial charge is 0.261 e. The van der Waals surface area contributed by atoms with Gasteiger partial charge in [0.15, 0.2) is 0 Å². The van der Waals surface area contributed by atoms with E-state index in [2.05, 4.69) is 24.3 Å². The molecule has 0 spiro atoms. The lowest BCUT2D eigenvalue weighted by molar-refractivity contribution is 0.725. The first-order valence-corrected chi connectivity index (χ1v) is 7.60. The quantitative estimate of drug-likeness (QED) is 0.821. The van der Waals surface area contributed by atoms with E-state index in [1.165, 1.54) is 5.57 Å². The van der Waals surface area contributed by atoms with Crippen LogP contribution in [-0.2, 0) is 6.54 Å². The maximum Gasteiger partial charge on any atom is 0.261 e. The Kier molecular flexibility index (Phi) is 2.96. The fraction of sp³-hybridized carbons (Fsp3) is 0.222. The van der Waals surface area contributed by atoms with Crippen molar-refractivity contribution in [3.63, 3.8) is 0 Å². The first kappa shape index (κ1) is 13.1. The molecule has 1 aliphatic heterocycles. The number of nitrogens with two attached hydrogens (primary N) is 1. The highest BCUT2D eigenvalue weighted by atomic mass is 16.1. The number of nitrogen functional groups attached to an aromatic ring is 1. The van der Waals surface area contributed by atoms with E-state index in [0.717, 1.165) is 30.7 Å². The lowest BCUT2D eigenvalue weighted by atomic mass is 10.0. The van der Waals surface area contributed by atoms with Crippen molar-refractivity contribution in [1.82, 2.24) is 9.55 Å². The third-order valence-corrected chi connectivity index (χ3v) is 4.23. The molecule has 0 saturated carbocycles. The van der Waals surface area contributed by atoms with Crippen LogP contribution in [0.1, 0.15) is 25.1 Å². The standard InChI is InChI=1S/C18H17N3O/c19-14-6-7-16-15(11-14)18(22)21-9-8-13(17(21)20-16)10-12-4-2-1-3-5-12/h2,4-7,10-11H,1,3,8-9,19H2/b13-10+. The van der Waals surface area contributed by atoms with Gasteiger partial charge in [0.25, 0.3) is 5.56 Å². The lowest BCUT2D eigenvalue weighted by Crippen LogP contribution is -2.20. The molecule has 0 atom stereocenters. The molecular weight excluding hydrogens is 274 g/mol. The van der Waals surface area contributed by atoms with E-state index < -0.39 is 0 Å². The van der Waals surface area contributed by atoms with E-state index in [9.17, 15) is 4.79 Å². The summed E-state index contributed by atoms with van der Waals surface area (Å²) in [6.45, 7) is 0.689. The molecule has 2 N–H and O–H groups in total. The molecule has 0 fully saturated rings. The van der Waals surface area contributed by atoms with Crippen molar-refractivity contribution in [3.8, 4) is 0 Å². The summed E-state index contributed by atoms with van der Waals surface area (Å²) in [5, 5.41) is 0.599. The Hall–Kier alpha value is -2.62. The van der Waals surface area contributed by atoms with Gasteiger partial charge in [0, 0.05) is 12.2 Å². The van der Waals surface area contributed by atoms with Crippen LogP contribution in [0, 0.1) is 0 Å². The van der Waals surface area contributed by atoms with Crippen molar-refractivity contribution in [2.24, 2.45) is 0 Å². The maximum atomic E-state index is 12.6. The van der Waals surface area contributed by atoms with Crippen LogP contribution in [-0.4, -0.2) is 9.55 Å². The topological polar surface area (TPSA) is 60.9 Å². The Morgan fingerprint density at radius 3 is 3.00 bits per heavy atom. The molecule has 2 aromatic rings. The average Bonchev–Trinajstić information content (AvgIpc) is 2.93. The highest BCUT2D eigenvalue weighted by Gasteiger charge is 2.21. The number of hydrogen-bond acceptors (Lipinski definition) is 3. The van der Waals surface area contributed by atoms with Crippen molar-refractivity contribution in [1.29, 1.82) is 0 Å². The van der Waals surface area contributed by atoms with E-state index in [1.54, 1.807) is 16.7 Å². The zero-order valence-electron chi connectivity index (χ0n) is 12.2. The summed E-state index contributed by atoms with van der Waals surface area (Å²) in [4.78, 5) is 17.3. The number of rotatable bonds is 1. The minimum Gasteiger partial charge on any atom is -0.399 e. The molecule has 2 heterocycles. The van der Waals surface area contributed by atoms with E-state index in [-0.39, 0.29) is 5.56 Å². The number of allylic oxidation sites excluding steroid dienone is 6. The zero-order chi connectivity index (χ0) is 15.1. The summed E-state index contributed by atoms with van der Waals surface area (Å²) in [6.07, 6.45) is 11.7. The van der Waals surface area contributed by atoms with E-state index in [4.69, 9.17) is 10.7 Å². The van der Waals surface area contributed by atoms with E-state index in [0.29, 0.717) is 23.1 Å². The second-order valence-electron chi connectivity index (χ2n) is 5.77. The van der Waals surface area contributed by atoms with Crippen molar-refractivity contribution in [2.75, 3.05) is 5.73 Å². The number of fused-ring (bicyclic) bond motifs is 2. The van der Waals surface area contributed by atoms with Crippen molar-refractivity contribution in [2.45, 2.75) is 25.8 Å². The minimum absolute atomic E-state index is 0.00358. The van der Waals surface area contributed by atoms with Gasteiger partial charge >= 0.3 is 0 Å². The summed E-state index contributed by atoms with van der Waals surface area (Å²) < 4.78 is 1.76. The van der Waals surface area contributed by atoms with Crippen molar-refractivity contribution < 1.29 is 0 Å². The van der Waals surface area contributed by atoms with Gasteiger partial charge in [-0.2, -0.15) is 0 Å². The summed E-state index contributed by atoms with van der Waals surface area (Å²) in [5.74, 6) is 0.794. The Labute approximate surface area is 128 Å². The van der Waals surface area contributed by atoms with Crippen molar-refractivity contribution >= 4 is 22.2 Å². The van der Waals surface area contributed by atoms with Crippen LogP contribution in [0.4, 0.5) is 5.69 Å². The van der Waals surface area contributed by atoms with E-state index >= 15 is 0 Å². The first-order chi connectivity index (χ1) is 10.7. The molecule has 22 heavy (non-hydrogen) atoms.